The van der Waals surface area contributed by atoms with E-state index >= 15 is 0 Å². The number of hydrogen-bond acceptors (Lipinski definition) is 7. The van der Waals surface area contributed by atoms with Crippen LogP contribution in [-0.2, 0) is 16.6 Å². The van der Waals surface area contributed by atoms with E-state index in [0.29, 0.717) is 29.1 Å². The Morgan fingerprint density at radius 1 is 1.09 bits per heavy atom. The minimum atomic E-state index is -3.75. The van der Waals surface area contributed by atoms with E-state index in [0.717, 1.165) is 11.1 Å². The maximum absolute atomic E-state index is 12.6. The number of benzene rings is 2. The fourth-order valence-electron chi connectivity index (χ4n) is 3.42. The Labute approximate surface area is 185 Å². The van der Waals surface area contributed by atoms with Crippen molar-refractivity contribution in [3.05, 3.63) is 70.0 Å². The summed E-state index contributed by atoms with van der Waals surface area (Å²) >= 11 is 0. The zero-order chi connectivity index (χ0) is 23.0. The molecule has 0 spiro atoms. The van der Waals surface area contributed by atoms with Gasteiger partial charge in [-0.2, -0.15) is 9.71 Å². The molecule has 4 rings (SSSR count). The normalized spacial score (nSPS) is 12.9. The van der Waals surface area contributed by atoms with Gasteiger partial charge in [0, 0.05) is 12.1 Å². The molecule has 0 saturated heterocycles. The third kappa shape index (κ3) is 4.06. The maximum atomic E-state index is 12.6. The summed E-state index contributed by atoms with van der Waals surface area (Å²) < 4.78 is 34.8. The van der Waals surface area contributed by atoms with Crippen LogP contribution in [0, 0.1) is 13.8 Å². The minimum Gasteiger partial charge on any atom is -0.337 e. The summed E-state index contributed by atoms with van der Waals surface area (Å²) in [4.78, 5) is 21.2. The first-order valence-electron chi connectivity index (χ1n) is 10.1. The van der Waals surface area contributed by atoms with Gasteiger partial charge >= 0.3 is 0 Å². The number of rotatable bonds is 6. The number of sulfonamides is 1. The first-order chi connectivity index (χ1) is 15.2. The summed E-state index contributed by atoms with van der Waals surface area (Å²) in [5.74, 6) is 0.440. The summed E-state index contributed by atoms with van der Waals surface area (Å²) in [6, 6.07) is 11.2. The Morgan fingerprint density at radius 3 is 2.50 bits per heavy atom. The molecule has 32 heavy (non-hydrogen) atoms. The molecule has 0 aliphatic carbocycles. The van der Waals surface area contributed by atoms with Crippen LogP contribution in [0.25, 0.3) is 22.4 Å². The molecule has 9 nitrogen and oxygen atoms in total. The van der Waals surface area contributed by atoms with E-state index < -0.39 is 16.1 Å². The Balaban J connectivity index is 1.62. The number of hydrogen-bond donors (Lipinski definition) is 1. The molecule has 0 fully saturated rings. The molecule has 0 aliphatic heterocycles. The second-order valence-corrected chi connectivity index (χ2v) is 9.28. The van der Waals surface area contributed by atoms with Crippen LogP contribution in [0.4, 0.5) is 0 Å². The molecule has 0 bridgehead atoms. The summed E-state index contributed by atoms with van der Waals surface area (Å²) in [6.45, 7) is 7.63. The number of fused-ring (bicyclic) bond motifs is 1. The van der Waals surface area contributed by atoms with Crippen molar-refractivity contribution in [2.75, 3.05) is 0 Å². The van der Waals surface area contributed by atoms with Gasteiger partial charge in [-0.1, -0.05) is 22.9 Å². The smallest absolute Gasteiger partial charge is 0.272 e. The van der Waals surface area contributed by atoms with Gasteiger partial charge in [0.2, 0.25) is 21.7 Å². The zero-order valence-electron chi connectivity index (χ0n) is 18.2. The molecular weight excluding hydrogens is 430 g/mol. The third-order valence-electron chi connectivity index (χ3n) is 5.16. The highest BCUT2D eigenvalue weighted by Crippen LogP contribution is 2.23. The van der Waals surface area contributed by atoms with Gasteiger partial charge < -0.3 is 9.09 Å². The average Bonchev–Trinajstić information content (AvgIpc) is 3.25. The standard InChI is InChI=1S/C22H23N5O4S/c1-5-27-19-11-8-16(12-18(19)23-15(4)22(27)28)20-24-21(31-25-20)14(3)26-32(29,30)17-9-6-13(2)7-10-17/h6-12,14,26H,5H2,1-4H3/t14-/m0/s1. The Hall–Kier alpha value is -3.37. The van der Waals surface area contributed by atoms with Crippen molar-refractivity contribution in [2.24, 2.45) is 0 Å². The van der Waals surface area contributed by atoms with Gasteiger partial charge in [-0.25, -0.2) is 13.4 Å². The molecule has 0 unspecified atom stereocenters. The highest BCUT2D eigenvalue weighted by Gasteiger charge is 2.23. The highest BCUT2D eigenvalue weighted by atomic mass is 32.2. The first-order valence-corrected chi connectivity index (χ1v) is 11.6. The van der Waals surface area contributed by atoms with E-state index in [4.69, 9.17) is 4.52 Å². The average molecular weight is 454 g/mol. The van der Waals surface area contributed by atoms with Gasteiger partial charge in [0.15, 0.2) is 0 Å². The number of aryl methyl sites for hydroxylation is 3. The summed E-state index contributed by atoms with van der Waals surface area (Å²) in [5, 5.41) is 3.99. The topological polar surface area (TPSA) is 120 Å². The highest BCUT2D eigenvalue weighted by molar-refractivity contribution is 7.89. The number of aromatic nitrogens is 4. The van der Waals surface area contributed by atoms with Crippen LogP contribution in [0.2, 0.25) is 0 Å². The largest absolute Gasteiger partial charge is 0.337 e. The van der Waals surface area contributed by atoms with Gasteiger partial charge in [-0.15, -0.1) is 0 Å². The predicted octanol–water partition coefficient (Wildman–Crippen LogP) is 3.12. The maximum Gasteiger partial charge on any atom is 0.272 e. The van der Waals surface area contributed by atoms with Gasteiger partial charge in [0.05, 0.1) is 22.0 Å². The van der Waals surface area contributed by atoms with Crippen LogP contribution < -0.4 is 10.3 Å². The Morgan fingerprint density at radius 2 is 1.81 bits per heavy atom. The predicted molar refractivity (Wildman–Crippen MR) is 120 cm³/mol. The van der Waals surface area contributed by atoms with Crippen molar-refractivity contribution in [1.82, 2.24) is 24.4 Å². The van der Waals surface area contributed by atoms with E-state index in [2.05, 4.69) is 19.8 Å². The molecule has 0 saturated carbocycles. The Bertz CT molecular complexity index is 1460. The molecule has 2 heterocycles. The second kappa shape index (κ2) is 8.29. The van der Waals surface area contributed by atoms with E-state index in [1.807, 2.05) is 13.8 Å². The van der Waals surface area contributed by atoms with Crippen LogP contribution in [0.5, 0.6) is 0 Å². The SMILES string of the molecule is CCn1c(=O)c(C)nc2cc(-c3noc([C@H](C)NS(=O)(=O)c4ccc(C)cc4)n3)ccc21. The van der Waals surface area contributed by atoms with Crippen LogP contribution in [0.15, 0.2) is 56.7 Å². The fourth-order valence-corrected chi connectivity index (χ4v) is 4.62. The van der Waals surface area contributed by atoms with Crippen LogP contribution in [0.3, 0.4) is 0 Å². The zero-order valence-corrected chi connectivity index (χ0v) is 19.0. The lowest BCUT2D eigenvalue weighted by atomic mass is 10.1. The lowest BCUT2D eigenvalue weighted by Crippen LogP contribution is -2.27. The monoisotopic (exact) mass is 453 g/mol. The Kier molecular flexibility index (Phi) is 5.66. The number of nitrogens with one attached hydrogen (secondary N) is 1. The van der Waals surface area contributed by atoms with E-state index in [1.54, 1.807) is 60.9 Å². The van der Waals surface area contributed by atoms with Gasteiger partial charge in [0.25, 0.3) is 5.56 Å². The second-order valence-electron chi connectivity index (χ2n) is 7.56. The van der Waals surface area contributed by atoms with Crippen molar-refractivity contribution < 1.29 is 12.9 Å². The molecule has 166 valence electrons. The molecule has 2 aromatic carbocycles. The van der Waals surface area contributed by atoms with Crippen LogP contribution in [0.1, 0.15) is 37.0 Å². The summed E-state index contributed by atoms with van der Waals surface area (Å²) in [5.41, 5.74) is 3.26. The minimum absolute atomic E-state index is 0.121. The van der Waals surface area contributed by atoms with Crippen molar-refractivity contribution in [3.63, 3.8) is 0 Å². The van der Waals surface area contributed by atoms with Gasteiger partial charge in [0.1, 0.15) is 5.69 Å². The quantitative estimate of drug-likeness (QED) is 0.476. The van der Waals surface area contributed by atoms with E-state index in [-0.39, 0.29) is 16.3 Å². The first kappa shape index (κ1) is 21.8. The van der Waals surface area contributed by atoms with Crippen molar-refractivity contribution in [3.8, 4) is 11.4 Å². The molecule has 10 heteroatoms. The summed E-state index contributed by atoms with van der Waals surface area (Å²) in [6.07, 6.45) is 0. The molecule has 1 atom stereocenters. The molecule has 0 amide bonds. The molecule has 4 aromatic rings. The summed E-state index contributed by atoms with van der Waals surface area (Å²) in [7, 11) is -3.75. The lowest BCUT2D eigenvalue weighted by molar-refractivity contribution is 0.354. The van der Waals surface area contributed by atoms with Gasteiger partial charge in [-0.05, 0) is 58.0 Å². The van der Waals surface area contributed by atoms with Crippen LogP contribution in [-0.4, -0.2) is 28.1 Å². The van der Waals surface area contributed by atoms with Gasteiger partial charge in [-0.3, -0.25) is 4.79 Å². The van der Waals surface area contributed by atoms with Crippen molar-refractivity contribution >= 4 is 21.1 Å². The lowest BCUT2D eigenvalue weighted by Gasteiger charge is -2.10. The van der Waals surface area contributed by atoms with Crippen molar-refractivity contribution in [1.29, 1.82) is 0 Å². The third-order valence-corrected chi connectivity index (χ3v) is 6.72. The molecular formula is C22H23N5O4S. The molecule has 0 radical (unpaired) electrons. The molecule has 0 aliphatic rings. The fraction of sp³-hybridized carbons (Fsp3) is 0.273. The van der Waals surface area contributed by atoms with E-state index in [1.165, 1.54) is 0 Å². The van der Waals surface area contributed by atoms with E-state index in [9.17, 15) is 13.2 Å². The molecule has 2 aromatic heterocycles. The van der Waals surface area contributed by atoms with Crippen molar-refractivity contribution in [2.45, 2.75) is 45.2 Å². The number of nitrogens with zero attached hydrogens (tertiary/aromatic N) is 4. The molecule has 1 N–H and O–H groups in total. The van der Waals surface area contributed by atoms with Crippen LogP contribution >= 0.6 is 0 Å².